The molecule has 2 rings (SSSR count). The lowest BCUT2D eigenvalue weighted by atomic mass is 10.1. The molecule has 0 bridgehead atoms. The summed E-state index contributed by atoms with van der Waals surface area (Å²) in [7, 11) is 4.97. The molecule has 0 fully saturated rings. The van der Waals surface area contributed by atoms with E-state index in [1.165, 1.54) is 13.4 Å². The molecule has 0 saturated heterocycles. The summed E-state index contributed by atoms with van der Waals surface area (Å²) in [4.78, 5) is 15.0. The van der Waals surface area contributed by atoms with E-state index in [0.29, 0.717) is 6.54 Å². The van der Waals surface area contributed by atoms with E-state index in [1.807, 2.05) is 44.3 Å². The fraction of sp³-hybridized carbons (Fsp3) is 0.304. The van der Waals surface area contributed by atoms with Crippen molar-refractivity contribution in [3.8, 4) is 11.5 Å². The third kappa shape index (κ3) is 7.16. The molecule has 0 aliphatic rings. The average Bonchev–Trinajstić information content (AvgIpc) is 2.77. The number of benzene rings is 1. The van der Waals surface area contributed by atoms with Crippen LogP contribution >= 0.6 is 0 Å². The van der Waals surface area contributed by atoms with E-state index in [1.54, 1.807) is 23.9 Å². The van der Waals surface area contributed by atoms with Crippen molar-refractivity contribution in [3.63, 3.8) is 0 Å². The van der Waals surface area contributed by atoms with Crippen LogP contribution in [0.4, 0.5) is 11.4 Å². The molecule has 0 aliphatic carbocycles. The zero-order valence-electron chi connectivity index (χ0n) is 18.4. The van der Waals surface area contributed by atoms with Crippen molar-refractivity contribution in [3.05, 3.63) is 77.0 Å². The molecular formula is C23H32N4O3. The minimum Gasteiger partial charge on any atom is -0.496 e. The predicted molar refractivity (Wildman–Crippen MR) is 124 cm³/mol. The SMILES string of the molecule is C=C/C(=C\C=C/C)Cn1cnc(=O)c(OC)c1.CCc1c(N)cc(NC)cc1OC. The van der Waals surface area contributed by atoms with E-state index in [9.17, 15) is 4.79 Å². The molecule has 0 spiro atoms. The highest BCUT2D eigenvalue weighted by Gasteiger charge is 2.06. The number of hydrogen-bond acceptors (Lipinski definition) is 6. The van der Waals surface area contributed by atoms with Crippen LogP contribution in [0.5, 0.6) is 11.5 Å². The van der Waals surface area contributed by atoms with Gasteiger partial charge in [-0.15, -0.1) is 0 Å². The number of nitrogens with zero attached hydrogens (tertiary/aromatic N) is 2. The maximum Gasteiger partial charge on any atom is 0.314 e. The quantitative estimate of drug-likeness (QED) is 0.506. The first-order valence-corrected chi connectivity index (χ1v) is 9.62. The van der Waals surface area contributed by atoms with Gasteiger partial charge in [-0.2, -0.15) is 4.98 Å². The van der Waals surface area contributed by atoms with Gasteiger partial charge in [0.05, 0.1) is 26.7 Å². The van der Waals surface area contributed by atoms with Crippen LogP contribution in [0.15, 0.2) is 65.9 Å². The summed E-state index contributed by atoms with van der Waals surface area (Å²) in [5.74, 6) is 1.09. The van der Waals surface area contributed by atoms with Crippen LogP contribution in [0.2, 0.25) is 0 Å². The lowest BCUT2D eigenvalue weighted by Crippen LogP contribution is -2.13. The van der Waals surface area contributed by atoms with Gasteiger partial charge < -0.3 is 25.1 Å². The average molecular weight is 413 g/mol. The third-order valence-electron chi connectivity index (χ3n) is 4.27. The van der Waals surface area contributed by atoms with Crippen molar-refractivity contribution in [2.24, 2.45) is 0 Å². The van der Waals surface area contributed by atoms with Gasteiger partial charge in [-0.3, -0.25) is 4.79 Å². The Balaban J connectivity index is 0.000000311. The molecule has 7 heteroatoms. The molecule has 30 heavy (non-hydrogen) atoms. The first kappa shape index (κ1) is 24.6. The third-order valence-corrected chi connectivity index (χ3v) is 4.27. The molecule has 0 atom stereocenters. The maximum absolute atomic E-state index is 11.2. The summed E-state index contributed by atoms with van der Waals surface area (Å²) in [6.45, 7) is 8.34. The Morgan fingerprint density at radius 3 is 2.53 bits per heavy atom. The first-order chi connectivity index (χ1) is 14.4. The predicted octanol–water partition coefficient (Wildman–Crippen LogP) is 3.82. The van der Waals surface area contributed by atoms with Gasteiger partial charge in [0.25, 0.3) is 0 Å². The molecule has 0 radical (unpaired) electrons. The summed E-state index contributed by atoms with van der Waals surface area (Å²) in [6.07, 6.45) is 11.6. The molecular weight excluding hydrogens is 380 g/mol. The maximum atomic E-state index is 11.2. The van der Waals surface area contributed by atoms with Gasteiger partial charge >= 0.3 is 5.56 Å². The highest BCUT2D eigenvalue weighted by molar-refractivity contribution is 5.64. The van der Waals surface area contributed by atoms with Gasteiger partial charge in [0.1, 0.15) is 5.75 Å². The standard InChI is InChI=1S/C13H16N2O2.C10H16N2O/c1-4-6-7-11(5-2)8-15-9-12(17-3)13(16)14-10-15;1-4-8-9(11)5-7(12-2)6-10(8)13-3/h4-7,9-10H,2,8H2,1,3H3;5-6,12H,4,11H2,1-3H3/b6-4-,11-7+;. The van der Waals surface area contributed by atoms with E-state index in [-0.39, 0.29) is 11.3 Å². The Morgan fingerprint density at radius 1 is 1.30 bits per heavy atom. The minimum atomic E-state index is -0.360. The number of nitrogen functional groups attached to an aromatic ring is 1. The molecule has 162 valence electrons. The summed E-state index contributed by atoms with van der Waals surface area (Å²) >= 11 is 0. The van der Waals surface area contributed by atoms with Gasteiger partial charge in [-0.25, -0.2) is 0 Å². The van der Waals surface area contributed by atoms with Gasteiger partial charge in [0, 0.05) is 36.6 Å². The van der Waals surface area contributed by atoms with Crippen molar-refractivity contribution in [1.82, 2.24) is 9.55 Å². The molecule has 2 aromatic rings. The Hall–Kier alpha value is -3.48. The highest BCUT2D eigenvalue weighted by atomic mass is 16.5. The lowest BCUT2D eigenvalue weighted by molar-refractivity contribution is 0.402. The number of hydrogen-bond donors (Lipinski definition) is 2. The number of nitrogens with one attached hydrogen (secondary N) is 1. The number of aromatic nitrogens is 2. The summed E-state index contributed by atoms with van der Waals surface area (Å²) in [6, 6.07) is 3.87. The zero-order chi connectivity index (χ0) is 22.5. The Morgan fingerprint density at radius 2 is 2.00 bits per heavy atom. The van der Waals surface area contributed by atoms with E-state index in [0.717, 1.165) is 34.7 Å². The second-order valence-electron chi connectivity index (χ2n) is 6.24. The van der Waals surface area contributed by atoms with Gasteiger partial charge in [0.15, 0.2) is 0 Å². The molecule has 1 aromatic heterocycles. The number of anilines is 2. The number of rotatable bonds is 8. The van der Waals surface area contributed by atoms with Gasteiger partial charge in [0.2, 0.25) is 5.75 Å². The van der Waals surface area contributed by atoms with Crippen molar-refractivity contribution in [2.45, 2.75) is 26.8 Å². The second kappa shape index (κ2) is 12.9. The van der Waals surface area contributed by atoms with Crippen LogP contribution < -0.4 is 26.1 Å². The molecule has 0 saturated carbocycles. The molecule has 0 aliphatic heterocycles. The fourth-order valence-electron chi connectivity index (χ4n) is 2.64. The van der Waals surface area contributed by atoms with Crippen molar-refractivity contribution >= 4 is 11.4 Å². The van der Waals surface area contributed by atoms with Crippen LogP contribution in [0.3, 0.4) is 0 Å². The molecule has 1 heterocycles. The first-order valence-electron chi connectivity index (χ1n) is 9.62. The minimum absolute atomic E-state index is 0.238. The topological polar surface area (TPSA) is 91.4 Å². The van der Waals surface area contributed by atoms with E-state index in [2.05, 4.69) is 23.8 Å². The molecule has 7 nitrogen and oxygen atoms in total. The van der Waals surface area contributed by atoms with Gasteiger partial charge in [-0.1, -0.05) is 37.8 Å². The number of allylic oxidation sites excluding steroid dienone is 5. The van der Waals surface area contributed by atoms with Crippen molar-refractivity contribution in [1.29, 1.82) is 0 Å². The van der Waals surface area contributed by atoms with E-state index in [4.69, 9.17) is 15.2 Å². The second-order valence-corrected chi connectivity index (χ2v) is 6.24. The Labute approximate surface area is 178 Å². The zero-order valence-corrected chi connectivity index (χ0v) is 18.4. The van der Waals surface area contributed by atoms with Crippen LogP contribution in [0.1, 0.15) is 19.4 Å². The monoisotopic (exact) mass is 412 g/mol. The summed E-state index contributed by atoms with van der Waals surface area (Å²) in [5, 5.41) is 3.03. The Kier molecular flexibility index (Phi) is 10.5. The highest BCUT2D eigenvalue weighted by Crippen LogP contribution is 2.29. The normalized spacial score (nSPS) is 10.9. The van der Waals surface area contributed by atoms with Gasteiger partial charge in [-0.05, 0) is 25.0 Å². The smallest absolute Gasteiger partial charge is 0.314 e. The molecule has 1 aromatic carbocycles. The van der Waals surface area contributed by atoms with Crippen LogP contribution in [-0.4, -0.2) is 30.8 Å². The lowest BCUT2D eigenvalue weighted by Gasteiger charge is -2.12. The summed E-state index contributed by atoms with van der Waals surface area (Å²) in [5.41, 5.74) is 9.36. The van der Waals surface area contributed by atoms with Crippen LogP contribution in [-0.2, 0) is 13.0 Å². The number of ether oxygens (including phenoxy) is 2. The van der Waals surface area contributed by atoms with Crippen LogP contribution in [0, 0.1) is 0 Å². The largest absolute Gasteiger partial charge is 0.496 e. The number of methoxy groups -OCH3 is 2. The summed E-state index contributed by atoms with van der Waals surface area (Å²) < 4.78 is 11.9. The van der Waals surface area contributed by atoms with Crippen molar-refractivity contribution < 1.29 is 9.47 Å². The van der Waals surface area contributed by atoms with E-state index < -0.39 is 0 Å². The molecule has 0 amide bonds. The number of nitrogens with two attached hydrogens (primary N) is 1. The fourth-order valence-corrected chi connectivity index (χ4v) is 2.64. The molecule has 0 unspecified atom stereocenters. The van der Waals surface area contributed by atoms with Crippen LogP contribution in [0.25, 0.3) is 0 Å². The Bertz CT molecular complexity index is 946. The van der Waals surface area contributed by atoms with E-state index >= 15 is 0 Å². The molecule has 3 N–H and O–H groups in total. The van der Waals surface area contributed by atoms with Crippen molar-refractivity contribution in [2.75, 3.05) is 32.3 Å².